The second-order valence-corrected chi connectivity index (χ2v) is 6.34. The fourth-order valence-corrected chi connectivity index (χ4v) is 3.00. The van der Waals surface area contributed by atoms with Gasteiger partial charge in [-0.3, -0.25) is 9.78 Å². The molecule has 0 bridgehead atoms. The molecule has 29 heavy (non-hydrogen) atoms. The molecule has 1 amide bonds. The summed E-state index contributed by atoms with van der Waals surface area (Å²) in [6.07, 6.45) is 1.44. The molecule has 1 heterocycles. The number of methoxy groups -OCH3 is 1. The molecule has 2 N–H and O–H groups in total. The van der Waals surface area contributed by atoms with Crippen LogP contribution >= 0.6 is 0 Å². The molecule has 3 aromatic rings. The lowest BCUT2D eigenvalue weighted by atomic mass is 9.99. The van der Waals surface area contributed by atoms with Gasteiger partial charge in [0, 0.05) is 18.3 Å². The van der Waals surface area contributed by atoms with Crippen LogP contribution in [0.15, 0.2) is 48.7 Å². The Hall–Kier alpha value is -3.92. The van der Waals surface area contributed by atoms with Crippen LogP contribution in [0, 0.1) is 24.1 Å². The molecule has 3 rings (SSSR count). The highest BCUT2D eigenvalue weighted by molar-refractivity contribution is 5.96. The van der Waals surface area contributed by atoms with Crippen molar-refractivity contribution in [2.75, 3.05) is 7.11 Å². The van der Waals surface area contributed by atoms with Crippen molar-refractivity contribution in [3.8, 4) is 28.8 Å². The van der Waals surface area contributed by atoms with Crippen molar-refractivity contribution in [3.05, 3.63) is 76.7 Å². The fraction of sp³-hybridized carbons (Fsp3) is 0.136. The number of nitrogens with one attached hydrogen (secondary N) is 1. The zero-order valence-corrected chi connectivity index (χ0v) is 15.9. The lowest BCUT2D eigenvalue weighted by molar-refractivity contribution is 0.0947. The third-order valence-electron chi connectivity index (χ3n) is 4.45. The monoisotopic (exact) mass is 391 g/mol. The smallest absolute Gasteiger partial charge is 0.255 e. The lowest BCUT2D eigenvalue weighted by Gasteiger charge is -2.12. The molecular formula is C22H18FN3O3. The predicted molar refractivity (Wildman–Crippen MR) is 105 cm³/mol. The van der Waals surface area contributed by atoms with Crippen LogP contribution in [-0.2, 0) is 6.54 Å². The molecule has 0 aliphatic heterocycles. The van der Waals surface area contributed by atoms with E-state index in [0.29, 0.717) is 11.3 Å². The lowest BCUT2D eigenvalue weighted by Crippen LogP contribution is -2.23. The van der Waals surface area contributed by atoms with Crippen molar-refractivity contribution < 1.29 is 19.0 Å². The number of aromatic hydroxyl groups is 1. The number of aryl methyl sites for hydroxylation is 1. The maximum atomic E-state index is 13.5. The summed E-state index contributed by atoms with van der Waals surface area (Å²) in [5, 5.41) is 21.9. The maximum Gasteiger partial charge on any atom is 0.255 e. The first-order valence-corrected chi connectivity index (χ1v) is 8.74. The first-order chi connectivity index (χ1) is 13.9. The van der Waals surface area contributed by atoms with E-state index in [4.69, 9.17) is 4.74 Å². The molecular weight excluding hydrogens is 373 g/mol. The largest absolute Gasteiger partial charge is 0.506 e. The van der Waals surface area contributed by atoms with Gasteiger partial charge in [-0.1, -0.05) is 18.2 Å². The van der Waals surface area contributed by atoms with Crippen LogP contribution in [0.5, 0.6) is 11.5 Å². The molecule has 0 saturated carbocycles. The van der Waals surface area contributed by atoms with Crippen molar-refractivity contribution >= 4 is 5.91 Å². The highest BCUT2D eigenvalue weighted by Gasteiger charge is 2.15. The Kier molecular flexibility index (Phi) is 5.74. The average Bonchev–Trinajstić information content (AvgIpc) is 2.72. The number of carbonyl (C=O) groups is 1. The highest BCUT2D eigenvalue weighted by atomic mass is 19.1. The standard InChI is InChI=1S/C22H18FN3O3/c1-13-9-14(3-5-16(13)21-18(11-24)19(27)7-8-25-21)12-26-22(28)17-10-15(23)4-6-20(17)29-2/h3-10H,12H2,1-2H3,(H,25,27)(H,26,28). The summed E-state index contributed by atoms with van der Waals surface area (Å²) in [6.45, 7) is 2.07. The SMILES string of the molecule is COc1ccc(F)cc1C(=O)NCc1ccc(-c2nccc(O)c2C#N)c(C)c1. The van der Waals surface area contributed by atoms with E-state index in [0.717, 1.165) is 17.2 Å². The van der Waals surface area contributed by atoms with E-state index < -0.39 is 11.7 Å². The topological polar surface area (TPSA) is 95.2 Å². The highest BCUT2D eigenvalue weighted by Crippen LogP contribution is 2.30. The number of nitriles is 1. The third-order valence-corrected chi connectivity index (χ3v) is 4.45. The Bertz CT molecular complexity index is 1120. The first kappa shape index (κ1) is 19.8. The van der Waals surface area contributed by atoms with Crippen molar-refractivity contribution in [2.45, 2.75) is 13.5 Å². The van der Waals surface area contributed by atoms with Crippen LogP contribution in [0.1, 0.15) is 27.0 Å². The van der Waals surface area contributed by atoms with Gasteiger partial charge in [0.15, 0.2) is 0 Å². The van der Waals surface area contributed by atoms with Gasteiger partial charge in [0.25, 0.3) is 5.91 Å². The number of aromatic nitrogens is 1. The Morgan fingerprint density at radius 1 is 1.28 bits per heavy atom. The number of ether oxygens (including phenoxy) is 1. The van der Waals surface area contributed by atoms with Gasteiger partial charge in [-0.15, -0.1) is 0 Å². The van der Waals surface area contributed by atoms with Gasteiger partial charge in [0.05, 0.1) is 18.4 Å². The van der Waals surface area contributed by atoms with Crippen LogP contribution in [0.25, 0.3) is 11.3 Å². The first-order valence-electron chi connectivity index (χ1n) is 8.74. The average molecular weight is 391 g/mol. The second kappa shape index (κ2) is 8.40. The Morgan fingerprint density at radius 3 is 2.76 bits per heavy atom. The molecule has 6 nitrogen and oxygen atoms in total. The molecule has 0 aliphatic carbocycles. The van der Waals surface area contributed by atoms with Gasteiger partial charge in [0.1, 0.15) is 28.9 Å². The molecule has 146 valence electrons. The number of rotatable bonds is 5. The summed E-state index contributed by atoms with van der Waals surface area (Å²) in [5.74, 6) is -0.820. The van der Waals surface area contributed by atoms with Gasteiger partial charge < -0.3 is 15.2 Å². The van der Waals surface area contributed by atoms with Gasteiger partial charge in [0.2, 0.25) is 0 Å². The van der Waals surface area contributed by atoms with E-state index in [1.54, 1.807) is 12.1 Å². The van der Waals surface area contributed by atoms with Crippen LogP contribution < -0.4 is 10.1 Å². The van der Waals surface area contributed by atoms with Crippen molar-refractivity contribution in [2.24, 2.45) is 0 Å². The molecule has 0 saturated heterocycles. The zero-order chi connectivity index (χ0) is 21.0. The third kappa shape index (κ3) is 4.17. The number of pyridine rings is 1. The Labute approximate surface area is 167 Å². The van der Waals surface area contributed by atoms with Gasteiger partial charge in [-0.2, -0.15) is 5.26 Å². The minimum absolute atomic E-state index is 0.106. The number of nitrogens with zero attached hydrogens (tertiary/aromatic N) is 2. The number of benzene rings is 2. The summed E-state index contributed by atoms with van der Waals surface area (Å²) in [5.41, 5.74) is 2.96. The summed E-state index contributed by atoms with van der Waals surface area (Å²) >= 11 is 0. The van der Waals surface area contributed by atoms with Gasteiger partial charge in [-0.25, -0.2) is 4.39 Å². The maximum absolute atomic E-state index is 13.5. The molecule has 0 radical (unpaired) electrons. The van der Waals surface area contributed by atoms with E-state index in [1.807, 2.05) is 19.1 Å². The number of halogens is 1. The fourth-order valence-electron chi connectivity index (χ4n) is 3.00. The van der Waals surface area contributed by atoms with Crippen molar-refractivity contribution in [3.63, 3.8) is 0 Å². The minimum Gasteiger partial charge on any atom is -0.506 e. The summed E-state index contributed by atoms with van der Waals surface area (Å²) in [6, 6.07) is 12.5. The van der Waals surface area contributed by atoms with Crippen LogP contribution in [0.3, 0.4) is 0 Å². The molecule has 0 spiro atoms. The molecule has 0 fully saturated rings. The normalized spacial score (nSPS) is 10.3. The number of hydrogen-bond acceptors (Lipinski definition) is 5. The van der Waals surface area contributed by atoms with E-state index in [9.17, 15) is 19.6 Å². The van der Waals surface area contributed by atoms with Gasteiger partial charge in [-0.05, 0) is 42.3 Å². The zero-order valence-electron chi connectivity index (χ0n) is 15.9. The quantitative estimate of drug-likeness (QED) is 0.691. The molecule has 0 unspecified atom stereocenters. The van der Waals surface area contributed by atoms with Crippen LogP contribution in [0.2, 0.25) is 0 Å². The molecule has 7 heteroatoms. The predicted octanol–water partition coefficient (Wildman–Crippen LogP) is 3.71. The molecule has 1 aromatic heterocycles. The van der Waals surface area contributed by atoms with Crippen LogP contribution in [0.4, 0.5) is 4.39 Å². The van der Waals surface area contributed by atoms with Crippen molar-refractivity contribution in [1.29, 1.82) is 5.26 Å². The number of amides is 1. The van der Waals surface area contributed by atoms with E-state index in [-0.39, 0.29) is 29.2 Å². The number of carbonyl (C=O) groups excluding carboxylic acids is 1. The summed E-state index contributed by atoms with van der Waals surface area (Å²) in [4.78, 5) is 16.6. The number of hydrogen-bond donors (Lipinski definition) is 2. The molecule has 2 aromatic carbocycles. The van der Waals surface area contributed by atoms with E-state index in [1.165, 1.54) is 31.5 Å². The van der Waals surface area contributed by atoms with E-state index >= 15 is 0 Å². The Morgan fingerprint density at radius 2 is 2.07 bits per heavy atom. The minimum atomic E-state index is -0.525. The Balaban J connectivity index is 1.80. The second-order valence-electron chi connectivity index (χ2n) is 6.34. The van der Waals surface area contributed by atoms with Gasteiger partial charge >= 0.3 is 0 Å². The van der Waals surface area contributed by atoms with Crippen molar-refractivity contribution in [1.82, 2.24) is 10.3 Å². The van der Waals surface area contributed by atoms with E-state index in [2.05, 4.69) is 10.3 Å². The molecule has 0 aliphatic rings. The van der Waals surface area contributed by atoms with Crippen LogP contribution in [-0.4, -0.2) is 23.1 Å². The molecule has 0 atom stereocenters. The summed E-state index contributed by atoms with van der Waals surface area (Å²) in [7, 11) is 1.41. The summed E-state index contributed by atoms with van der Waals surface area (Å²) < 4.78 is 18.6.